The molecule has 1 amide bonds. The summed E-state index contributed by atoms with van der Waals surface area (Å²) in [5, 5.41) is 2.68. The lowest BCUT2D eigenvalue weighted by atomic mass is 10.4. The van der Waals surface area contributed by atoms with E-state index in [2.05, 4.69) is 5.32 Å². The van der Waals surface area contributed by atoms with E-state index in [1.165, 1.54) is 0 Å². The van der Waals surface area contributed by atoms with Crippen molar-refractivity contribution in [2.45, 2.75) is 12.8 Å². The van der Waals surface area contributed by atoms with Crippen LogP contribution in [0.2, 0.25) is 0 Å². The number of carbonyl (C=O) groups excluding carboxylic acids is 1. The van der Waals surface area contributed by atoms with Gasteiger partial charge >= 0.3 is 0 Å². The Morgan fingerprint density at radius 3 is 2.43 bits per heavy atom. The number of rotatable bonds is 0. The van der Waals surface area contributed by atoms with Gasteiger partial charge in [-0.15, -0.1) is 12.4 Å². The number of amides is 1. The second-order valence-corrected chi connectivity index (χ2v) is 1.45. The van der Waals surface area contributed by atoms with Gasteiger partial charge in [0.25, 0.3) is 0 Å². The Morgan fingerprint density at radius 2 is 2.29 bits per heavy atom. The highest BCUT2D eigenvalue weighted by Crippen LogP contribution is 1.93. The minimum absolute atomic E-state index is 0. The van der Waals surface area contributed by atoms with Gasteiger partial charge in [-0.05, 0) is 6.42 Å². The lowest BCUT2D eigenvalue weighted by Gasteiger charge is -1.80. The first kappa shape index (κ1) is 6.76. The van der Waals surface area contributed by atoms with E-state index in [0.717, 1.165) is 19.4 Å². The van der Waals surface area contributed by atoms with E-state index in [0.29, 0.717) is 0 Å². The SMILES string of the molecule is Cl.O=C1CCCN1. The Labute approximate surface area is 48.7 Å². The molecule has 0 aromatic heterocycles. The first-order valence-electron chi connectivity index (χ1n) is 2.16. The van der Waals surface area contributed by atoms with Gasteiger partial charge in [-0.2, -0.15) is 0 Å². The number of hydrogen-bond acceptors (Lipinski definition) is 1. The van der Waals surface area contributed by atoms with Crippen molar-refractivity contribution < 1.29 is 4.79 Å². The van der Waals surface area contributed by atoms with Crippen molar-refractivity contribution in [3.05, 3.63) is 0 Å². The van der Waals surface area contributed by atoms with E-state index in [4.69, 9.17) is 0 Å². The van der Waals surface area contributed by atoms with E-state index in [1.807, 2.05) is 0 Å². The van der Waals surface area contributed by atoms with Gasteiger partial charge in [-0.1, -0.05) is 0 Å². The van der Waals surface area contributed by atoms with Gasteiger partial charge in [0.15, 0.2) is 0 Å². The monoisotopic (exact) mass is 121 g/mol. The van der Waals surface area contributed by atoms with Gasteiger partial charge < -0.3 is 5.32 Å². The minimum Gasteiger partial charge on any atom is -0.356 e. The van der Waals surface area contributed by atoms with E-state index in [1.54, 1.807) is 0 Å². The summed E-state index contributed by atoms with van der Waals surface area (Å²) in [7, 11) is 0. The van der Waals surface area contributed by atoms with Gasteiger partial charge in [0.2, 0.25) is 5.91 Å². The van der Waals surface area contributed by atoms with Crippen molar-refractivity contribution in [2.24, 2.45) is 0 Å². The van der Waals surface area contributed by atoms with Gasteiger partial charge in [0.05, 0.1) is 0 Å². The number of nitrogens with one attached hydrogen (secondary N) is 1. The van der Waals surface area contributed by atoms with Crippen LogP contribution in [0.3, 0.4) is 0 Å². The molecule has 0 aromatic carbocycles. The normalized spacial score (nSPS) is 18.0. The summed E-state index contributed by atoms with van der Waals surface area (Å²) in [5.74, 6) is 0.204. The zero-order chi connectivity index (χ0) is 4.41. The maximum atomic E-state index is 10.1. The molecule has 0 aliphatic carbocycles. The first-order chi connectivity index (χ1) is 2.89. The molecule has 0 atom stereocenters. The zero-order valence-corrected chi connectivity index (χ0v) is 4.75. The average Bonchev–Trinajstić information content (AvgIpc) is 1.86. The van der Waals surface area contributed by atoms with Crippen molar-refractivity contribution in [1.82, 2.24) is 5.32 Å². The summed E-state index contributed by atoms with van der Waals surface area (Å²) < 4.78 is 0. The molecular formula is C4H8ClNO. The smallest absolute Gasteiger partial charge is 0.220 e. The molecule has 0 unspecified atom stereocenters. The predicted molar refractivity (Wildman–Crippen MR) is 29.5 cm³/mol. The van der Waals surface area contributed by atoms with E-state index < -0.39 is 0 Å². The number of halogens is 1. The Hall–Kier alpha value is -0.240. The summed E-state index contributed by atoms with van der Waals surface area (Å²) in [6.45, 7) is 0.888. The van der Waals surface area contributed by atoms with Crippen molar-refractivity contribution in [3.63, 3.8) is 0 Å². The molecule has 0 aromatic rings. The number of carbonyl (C=O) groups is 1. The van der Waals surface area contributed by atoms with E-state index in [9.17, 15) is 4.79 Å². The fraction of sp³-hybridized carbons (Fsp3) is 0.750. The predicted octanol–water partition coefficient (Wildman–Crippen LogP) is 0.318. The molecule has 1 aliphatic rings. The van der Waals surface area contributed by atoms with Crippen LogP contribution in [0, 0.1) is 0 Å². The van der Waals surface area contributed by atoms with Crippen LogP contribution in [0.1, 0.15) is 12.8 Å². The Bertz CT molecular complexity index is 66.1. The zero-order valence-electron chi connectivity index (χ0n) is 3.94. The summed E-state index contributed by atoms with van der Waals surface area (Å²) in [5.41, 5.74) is 0. The summed E-state index contributed by atoms with van der Waals surface area (Å²) >= 11 is 0. The second-order valence-electron chi connectivity index (χ2n) is 1.45. The lowest BCUT2D eigenvalue weighted by molar-refractivity contribution is -0.119. The van der Waals surface area contributed by atoms with Crippen LogP contribution in [-0.4, -0.2) is 12.5 Å². The van der Waals surface area contributed by atoms with Crippen molar-refractivity contribution >= 4 is 18.3 Å². The Kier molecular flexibility index (Phi) is 2.76. The molecule has 1 aliphatic heterocycles. The highest BCUT2D eigenvalue weighted by atomic mass is 35.5. The molecule has 3 heteroatoms. The lowest BCUT2D eigenvalue weighted by Crippen LogP contribution is -2.12. The Balaban J connectivity index is 0.000000360. The molecule has 0 spiro atoms. The minimum atomic E-state index is 0. The third-order valence-corrected chi connectivity index (χ3v) is 0.903. The molecule has 7 heavy (non-hydrogen) atoms. The third kappa shape index (κ3) is 1.78. The van der Waals surface area contributed by atoms with Crippen molar-refractivity contribution in [2.75, 3.05) is 6.54 Å². The van der Waals surface area contributed by atoms with Crippen LogP contribution in [-0.2, 0) is 4.79 Å². The maximum Gasteiger partial charge on any atom is 0.220 e. The van der Waals surface area contributed by atoms with Crippen LogP contribution in [0.5, 0.6) is 0 Å². The average molecular weight is 122 g/mol. The maximum absolute atomic E-state index is 10.1. The van der Waals surface area contributed by atoms with Crippen molar-refractivity contribution in [1.29, 1.82) is 0 Å². The molecule has 42 valence electrons. The molecule has 1 saturated heterocycles. The molecule has 1 rings (SSSR count). The van der Waals surface area contributed by atoms with Gasteiger partial charge in [-0.25, -0.2) is 0 Å². The van der Waals surface area contributed by atoms with Crippen LogP contribution >= 0.6 is 12.4 Å². The molecule has 0 bridgehead atoms. The molecule has 0 saturated carbocycles. The molecule has 0 radical (unpaired) electrons. The molecule has 1 fully saturated rings. The van der Waals surface area contributed by atoms with Gasteiger partial charge in [0.1, 0.15) is 0 Å². The fourth-order valence-electron chi connectivity index (χ4n) is 0.565. The van der Waals surface area contributed by atoms with Gasteiger partial charge in [-0.3, -0.25) is 4.79 Å². The number of hydrogen-bond donors (Lipinski definition) is 1. The van der Waals surface area contributed by atoms with E-state index >= 15 is 0 Å². The van der Waals surface area contributed by atoms with E-state index in [-0.39, 0.29) is 18.3 Å². The largest absolute Gasteiger partial charge is 0.356 e. The summed E-state index contributed by atoms with van der Waals surface area (Å²) in [4.78, 5) is 10.1. The second kappa shape index (κ2) is 2.86. The fourth-order valence-corrected chi connectivity index (χ4v) is 0.565. The van der Waals surface area contributed by atoms with Crippen LogP contribution in [0.25, 0.3) is 0 Å². The first-order valence-corrected chi connectivity index (χ1v) is 2.16. The molecule has 2 nitrogen and oxygen atoms in total. The van der Waals surface area contributed by atoms with Crippen molar-refractivity contribution in [3.8, 4) is 0 Å². The van der Waals surface area contributed by atoms with Crippen LogP contribution in [0.4, 0.5) is 0 Å². The van der Waals surface area contributed by atoms with Gasteiger partial charge in [0, 0.05) is 13.0 Å². The quantitative estimate of drug-likeness (QED) is 0.491. The Morgan fingerprint density at radius 1 is 1.57 bits per heavy atom. The van der Waals surface area contributed by atoms with Crippen LogP contribution < -0.4 is 5.32 Å². The third-order valence-electron chi connectivity index (χ3n) is 0.903. The molecule has 1 N–H and O–H groups in total. The highest BCUT2D eigenvalue weighted by molar-refractivity contribution is 5.85. The topological polar surface area (TPSA) is 29.1 Å². The molecular weight excluding hydrogens is 114 g/mol. The van der Waals surface area contributed by atoms with Crippen LogP contribution in [0.15, 0.2) is 0 Å². The summed E-state index contributed by atoms with van der Waals surface area (Å²) in [6.07, 6.45) is 1.76. The highest BCUT2D eigenvalue weighted by Gasteiger charge is 2.05. The summed E-state index contributed by atoms with van der Waals surface area (Å²) in [6, 6.07) is 0. The molecule has 1 heterocycles. The standard InChI is InChI=1S/C4H7NO.ClH/c6-4-2-1-3-5-4;/h1-3H2,(H,5,6);1H.